The van der Waals surface area contributed by atoms with Crippen molar-refractivity contribution in [2.24, 2.45) is 0 Å². The molecule has 1 aromatic heterocycles. The maximum atomic E-state index is 13.7. The van der Waals surface area contributed by atoms with Crippen LogP contribution in [-0.2, 0) is 16.3 Å². The molecule has 4 aromatic rings. The van der Waals surface area contributed by atoms with Crippen LogP contribution in [0.1, 0.15) is 27.2 Å². The molecule has 0 unspecified atom stereocenters. The number of fused-ring (bicyclic) bond motifs is 1. The topological polar surface area (TPSA) is 99.3 Å². The SMILES string of the molecule is Cc1cc(C)cc(S(=O)(=O)c2c(C(=O)NCCc3ccccc3O)[nH]c3ccc(Cl)cc23)c1. The number of aromatic amines is 1. The summed E-state index contributed by atoms with van der Waals surface area (Å²) in [5.41, 5.74) is 2.74. The van der Waals surface area contributed by atoms with Crippen molar-refractivity contribution in [3.8, 4) is 5.75 Å². The van der Waals surface area contributed by atoms with Gasteiger partial charge in [-0.3, -0.25) is 4.79 Å². The molecule has 4 rings (SSSR count). The molecule has 170 valence electrons. The summed E-state index contributed by atoms with van der Waals surface area (Å²) in [5, 5.41) is 13.4. The van der Waals surface area contributed by atoms with Gasteiger partial charge in [-0.15, -0.1) is 0 Å². The molecule has 0 saturated carbocycles. The van der Waals surface area contributed by atoms with Gasteiger partial charge >= 0.3 is 0 Å². The molecule has 0 aliphatic heterocycles. The van der Waals surface area contributed by atoms with E-state index in [0.29, 0.717) is 27.9 Å². The zero-order valence-corrected chi connectivity index (χ0v) is 19.7. The molecule has 0 aliphatic carbocycles. The minimum absolute atomic E-state index is 0.0521. The van der Waals surface area contributed by atoms with E-state index in [1.54, 1.807) is 54.6 Å². The van der Waals surface area contributed by atoms with Crippen molar-refractivity contribution in [1.29, 1.82) is 0 Å². The van der Waals surface area contributed by atoms with E-state index in [9.17, 15) is 18.3 Å². The maximum absolute atomic E-state index is 13.7. The number of sulfone groups is 1. The zero-order valence-electron chi connectivity index (χ0n) is 18.1. The van der Waals surface area contributed by atoms with Crippen LogP contribution >= 0.6 is 11.6 Å². The van der Waals surface area contributed by atoms with Gasteiger partial charge in [0.15, 0.2) is 0 Å². The highest BCUT2D eigenvalue weighted by atomic mass is 35.5. The Labute approximate surface area is 197 Å². The molecule has 0 aliphatic rings. The van der Waals surface area contributed by atoms with Gasteiger partial charge in [0.2, 0.25) is 9.84 Å². The van der Waals surface area contributed by atoms with E-state index in [1.807, 2.05) is 19.9 Å². The monoisotopic (exact) mass is 482 g/mol. The van der Waals surface area contributed by atoms with E-state index >= 15 is 0 Å². The van der Waals surface area contributed by atoms with Crippen molar-refractivity contribution in [3.05, 3.63) is 88.1 Å². The first kappa shape index (κ1) is 22.9. The number of aryl methyl sites for hydroxylation is 2. The molecular formula is C25H23ClN2O4S. The van der Waals surface area contributed by atoms with E-state index in [1.165, 1.54) is 0 Å². The Morgan fingerprint density at radius 2 is 1.73 bits per heavy atom. The van der Waals surface area contributed by atoms with Gasteiger partial charge in [0.05, 0.1) is 4.90 Å². The molecule has 0 saturated heterocycles. The Morgan fingerprint density at radius 1 is 1.03 bits per heavy atom. The van der Waals surface area contributed by atoms with Crippen LogP contribution in [0.15, 0.2) is 70.5 Å². The highest BCUT2D eigenvalue weighted by molar-refractivity contribution is 7.91. The molecular weight excluding hydrogens is 460 g/mol. The van der Waals surface area contributed by atoms with Gasteiger partial charge in [0, 0.05) is 22.5 Å². The molecule has 0 radical (unpaired) electrons. The van der Waals surface area contributed by atoms with E-state index < -0.39 is 15.7 Å². The van der Waals surface area contributed by atoms with Gasteiger partial charge in [-0.2, -0.15) is 0 Å². The average Bonchev–Trinajstić information content (AvgIpc) is 3.14. The lowest BCUT2D eigenvalue weighted by atomic mass is 10.1. The Bertz CT molecular complexity index is 1460. The molecule has 0 atom stereocenters. The number of hydrogen-bond acceptors (Lipinski definition) is 4. The first-order valence-electron chi connectivity index (χ1n) is 10.4. The molecule has 33 heavy (non-hydrogen) atoms. The summed E-state index contributed by atoms with van der Waals surface area (Å²) in [6, 6.07) is 16.8. The third-order valence-electron chi connectivity index (χ3n) is 5.39. The van der Waals surface area contributed by atoms with Crippen molar-refractivity contribution in [2.75, 3.05) is 6.54 Å². The third-order valence-corrected chi connectivity index (χ3v) is 7.44. The second-order valence-corrected chi connectivity index (χ2v) is 10.3. The predicted octanol–water partition coefficient (Wildman–Crippen LogP) is 4.95. The molecule has 1 heterocycles. The van der Waals surface area contributed by atoms with Crippen molar-refractivity contribution in [2.45, 2.75) is 30.1 Å². The number of aromatic nitrogens is 1. The number of phenols is 1. The summed E-state index contributed by atoms with van der Waals surface area (Å²) < 4.78 is 27.4. The zero-order chi connectivity index (χ0) is 23.8. The summed E-state index contributed by atoms with van der Waals surface area (Å²) >= 11 is 6.16. The molecule has 6 nitrogen and oxygen atoms in total. The maximum Gasteiger partial charge on any atom is 0.269 e. The smallest absolute Gasteiger partial charge is 0.269 e. The lowest BCUT2D eigenvalue weighted by molar-refractivity contribution is 0.0946. The standard InChI is InChI=1S/C25H23ClN2O4S/c1-15-11-16(2)13-19(12-15)33(31,32)24-20-14-18(26)7-8-21(20)28-23(24)25(30)27-10-9-17-5-3-4-6-22(17)29/h3-8,11-14,28-29H,9-10H2,1-2H3,(H,27,30). The molecule has 0 bridgehead atoms. The Kier molecular flexibility index (Phi) is 6.19. The largest absolute Gasteiger partial charge is 0.508 e. The Hall–Kier alpha value is -3.29. The molecule has 3 aromatic carbocycles. The van der Waals surface area contributed by atoms with Crippen LogP contribution in [0.5, 0.6) is 5.75 Å². The van der Waals surface area contributed by atoms with Crippen molar-refractivity contribution in [1.82, 2.24) is 10.3 Å². The lowest BCUT2D eigenvalue weighted by Gasteiger charge is -2.10. The van der Waals surface area contributed by atoms with Crippen LogP contribution in [0.4, 0.5) is 0 Å². The summed E-state index contributed by atoms with van der Waals surface area (Å²) in [7, 11) is -4.03. The van der Waals surface area contributed by atoms with Crippen LogP contribution in [0.3, 0.4) is 0 Å². The number of carbonyl (C=O) groups excluding carboxylic acids is 1. The number of hydrogen-bond donors (Lipinski definition) is 3. The quantitative estimate of drug-likeness (QED) is 0.362. The highest BCUT2D eigenvalue weighted by Gasteiger charge is 2.30. The van der Waals surface area contributed by atoms with E-state index in [-0.39, 0.29) is 27.8 Å². The molecule has 1 amide bonds. The number of H-pyrrole nitrogens is 1. The van der Waals surface area contributed by atoms with E-state index in [4.69, 9.17) is 11.6 Å². The van der Waals surface area contributed by atoms with Crippen LogP contribution in [-0.4, -0.2) is 31.0 Å². The minimum Gasteiger partial charge on any atom is -0.508 e. The van der Waals surface area contributed by atoms with Crippen molar-refractivity contribution >= 4 is 38.2 Å². The van der Waals surface area contributed by atoms with E-state index in [0.717, 1.165) is 11.1 Å². The average molecular weight is 483 g/mol. The fourth-order valence-electron chi connectivity index (χ4n) is 3.91. The Balaban J connectivity index is 1.75. The van der Waals surface area contributed by atoms with Gasteiger partial charge in [0.1, 0.15) is 16.3 Å². The normalized spacial score (nSPS) is 11.6. The highest BCUT2D eigenvalue weighted by Crippen LogP contribution is 2.34. The predicted molar refractivity (Wildman–Crippen MR) is 129 cm³/mol. The minimum atomic E-state index is -4.03. The number of benzene rings is 3. The van der Waals surface area contributed by atoms with Crippen LogP contribution in [0, 0.1) is 13.8 Å². The summed E-state index contributed by atoms with van der Waals surface area (Å²) in [6.07, 6.45) is 0.392. The fraction of sp³-hybridized carbons (Fsp3) is 0.160. The molecule has 0 spiro atoms. The molecule has 0 fully saturated rings. The van der Waals surface area contributed by atoms with Gasteiger partial charge in [-0.1, -0.05) is 35.9 Å². The van der Waals surface area contributed by atoms with E-state index in [2.05, 4.69) is 10.3 Å². The van der Waals surface area contributed by atoms with Crippen molar-refractivity contribution in [3.63, 3.8) is 0 Å². The van der Waals surface area contributed by atoms with Crippen molar-refractivity contribution < 1.29 is 18.3 Å². The number of carbonyl (C=O) groups is 1. The van der Waals surface area contributed by atoms with Gasteiger partial charge in [0.25, 0.3) is 5.91 Å². The number of rotatable bonds is 6. The number of aromatic hydroxyl groups is 1. The third kappa shape index (κ3) is 4.60. The lowest BCUT2D eigenvalue weighted by Crippen LogP contribution is -2.27. The molecule has 3 N–H and O–H groups in total. The summed E-state index contributed by atoms with van der Waals surface area (Å²) in [5.74, 6) is -0.411. The van der Waals surface area contributed by atoms with Gasteiger partial charge in [-0.25, -0.2) is 8.42 Å². The first-order chi connectivity index (χ1) is 15.7. The summed E-state index contributed by atoms with van der Waals surface area (Å²) in [6.45, 7) is 3.87. The second kappa shape index (κ2) is 8.92. The summed E-state index contributed by atoms with van der Waals surface area (Å²) in [4.78, 5) is 16.1. The number of halogens is 1. The number of para-hydroxylation sites is 1. The second-order valence-electron chi connectivity index (χ2n) is 7.98. The Morgan fingerprint density at radius 3 is 2.42 bits per heavy atom. The van der Waals surface area contributed by atoms with Crippen LogP contribution in [0.25, 0.3) is 10.9 Å². The van der Waals surface area contributed by atoms with Crippen LogP contribution < -0.4 is 5.32 Å². The number of amides is 1. The first-order valence-corrected chi connectivity index (χ1v) is 12.2. The number of phenolic OH excluding ortho intramolecular Hbond substituents is 1. The van der Waals surface area contributed by atoms with Gasteiger partial charge in [-0.05, 0) is 73.4 Å². The van der Waals surface area contributed by atoms with Crippen LogP contribution in [0.2, 0.25) is 5.02 Å². The number of nitrogens with one attached hydrogen (secondary N) is 2. The fourth-order valence-corrected chi connectivity index (χ4v) is 5.87. The van der Waals surface area contributed by atoms with Gasteiger partial charge < -0.3 is 15.4 Å². The molecule has 8 heteroatoms.